The molecule has 0 amide bonds. The van der Waals surface area contributed by atoms with Crippen molar-refractivity contribution in [1.29, 1.82) is 0 Å². The van der Waals surface area contributed by atoms with Gasteiger partial charge in [-0.1, -0.05) is 11.8 Å². The monoisotopic (exact) mass is 272 g/mol. The van der Waals surface area contributed by atoms with E-state index in [0.29, 0.717) is 25.2 Å². The lowest BCUT2D eigenvalue weighted by atomic mass is 10.0. The van der Waals surface area contributed by atoms with Crippen molar-refractivity contribution in [1.82, 2.24) is 0 Å². The fourth-order valence-corrected chi connectivity index (χ4v) is 2.05. The van der Waals surface area contributed by atoms with Crippen molar-refractivity contribution in [2.45, 2.75) is 38.6 Å². The van der Waals surface area contributed by atoms with Crippen LogP contribution in [-0.4, -0.2) is 24.5 Å². The molecule has 0 saturated carbocycles. The van der Waals surface area contributed by atoms with Crippen LogP contribution < -0.4 is 0 Å². The molecule has 20 heavy (non-hydrogen) atoms. The van der Waals surface area contributed by atoms with Gasteiger partial charge >= 0.3 is 5.97 Å². The summed E-state index contributed by atoms with van der Waals surface area (Å²) in [5.41, 5.74) is 0. The molecule has 104 valence electrons. The zero-order chi connectivity index (χ0) is 14.4. The third-order valence-corrected chi connectivity index (χ3v) is 2.93. The molecule has 2 aliphatic rings. The maximum Gasteiger partial charge on any atom is 0.302 e. The molecule has 2 atom stereocenters. The quantitative estimate of drug-likeness (QED) is 0.540. The summed E-state index contributed by atoms with van der Waals surface area (Å²) in [7, 11) is 0. The molecule has 2 heterocycles. The standard InChI is InChI=1S/C16H16O4/c1-3-4-5-6-7-14-8-10-16(20-14)11-9-15(12-18-16)19-13(2)17/h7-8,10,15H,9,11-12H2,1-2H3/t15-,16+/m1/s1. The van der Waals surface area contributed by atoms with Gasteiger partial charge in [0.1, 0.15) is 11.9 Å². The van der Waals surface area contributed by atoms with Crippen molar-refractivity contribution in [3.05, 3.63) is 24.0 Å². The second kappa shape index (κ2) is 6.32. The SMILES string of the molecule is CC#CC#CC=C1C=C[C@@]2(CC[C@@H](OC(C)=O)CO2)O1. The molecule has 2 rings (SSSR count). The summed E-state index contributed by atoms with van der Waals surface area (Å²) in [6.07, 6.45) is 6.53. The molecule has 1 spiro atoms. The van der Waals surface area contributed by atoms with Gasteiger partial charge in [0, 0.05) is 19.4 Å². The van der Waals surface area contributed by atoms with E-state index in [9.17, 15) is 4.79 Å². The molecular weight excluding hydrogens is 256 g/mol. The lowest BCUT2D eigenvalue weighted by molar-refractivity contribution is -0.220. The molecule has 0 unspecified atom stereocenters. The Morgan fingerprint density at radius 2 is 2.40 bits per heavy atom. The number of rotatable bonds is 1. The first-order valence-electron chi connectivity index (χ1n) is 6.45. The summed E-state index contributed by atoms with van der Waals surface area (Å²) < 4.78 is 16.6. The Labute approximate surface area is 118 Å². The van der Waals surface area contributed by atoms with Gasteiger partial charge in [-0.3, -0.25) is 4.79 Å². The highest BCUT2D eigenvalue weighted by Gasteiger charge is 2.40. The van der Waals surface area contributed by atoms with Crippen LogP contribution >= 0.6 is 0 Å². The number of carbonyl (C=O) groups excluding carboxylic acids is 1. The molecule has 0 aromatic rings. The van der Waals surface area contributed by atoms with Crippen molar-refractivity contribution in [2.24, 2.45) is 0 Å². The fraction of sp³-hybridized carbons (Fsp3) is 0.438. The van der Waals surface area contributed by atoms with Gasteiger partial charge in [0.25, 0.3) is 0 Å². The molecular formula is C16H16O4. The number of ether oxygens (including phenoxy) is 3. The molecule has 0 aromatic carbocycles. The molecule has 4 nitrogen and oxygen atoms in total. The average Bonchev–Trinajstić information content (AvgIpc) is 2.81. The van der Waals surface area contributed by atoms with Crippen molar-refractivity contribution < 1.29 is 19.0 Å². The Morgan fingerprint density at radius 1 is 1.55 bits per heavy atom. The van der Waals surface area contributed by atoms with Crippen LogP contribution in [0.3, 0.4) is 0 Å². The smallest absolute Gasteiger partial charge is 0.302 e. The predicted molar refractivity (Wildman–Crippen MR) is 73.0 cm³/mol. The fourth-order valence-electron chi connectivity index (χ4n) is 2.05. The Kier molecular flexibility index (Phi) is 4.50. The van der Waals surface area contributed by atoms with E-state index in [1.54, 1.807) is 13.0 Å². The van der Waals surface area contributed by atoms with Crippen molar-refractivity contribution >= 4 is 5.97 Å². The molecule has 4 heteroatoms. The maximum atomic E-state index is 10.9. The van der Waals surface area contributed by atoms with Crippen molar-refractivity contribution in [2.75, 3.05) is 6.61 Å². The number of carbonyl (C=O) groups is 1. The highest BCUT2D eigenvalue weighted by atomic mass is 16.7. The molecule has 1 saturated heterocycles. The summed E-state index contributed by atoms with van der Waals surface area (Å²) in [5.74, 6) is 10.5. The van der Waals surface area contributed by atoms with Crippen LogP contribution in [0.4, 0.5) is 0 Å². The lowest BCUT2D eigenvalue weighted by Crippen LogP contribution is -2.41. The predicted octanol–water partition coefficient (Wildman–Crippen LogP) is 1.92. The van der Waals surface area contributed by atoms with E-state index in [2.05, 4.69) is 23.7 Å². The molecule has 1 fully saturated rings. The van der Waals surface area contributed by atoms with Crippen LogP contribution in [0.15, 0.2) is 24.0 Å². The van der Waals surface area contributed by atoms with Gasteiger partial charge in [-0.05, 0) is 37.3 Å². The molecule has 0 aromatic heterocycles. The Hall–Kier alpha value is -2.17. The van der Waals surface area contributed by atoms with Crippen LogP contribution in [0.1, 0.15) is 26.7 Å². The van der Waals surface area contributed by atoms with Gasteiger partial charge < -0.3 is 14.2 Å². The minimum atomic E-state index is -0.736. The van der Waals surface area contributed by atoms with Crippen LogP contribution in [0, 0.1) is 23.7 Å². The van der Waals surface area contributed by atoms with Gasteiger partial charge in [0.2, 0.25) is 5.79 Å². The molecule has 2 aliphatic heterocycles. The van der Waals surface area contributed by atoms with Gasteiger partial charge in [0.05, 0.1) is 6.61 Å². The van der Waals surface area contributed by atoms with Crippen LogP contribution in [-0.2, 0) is 19.0 Å². The minimum Gasteiger partial charge on any atom is -0.460 e. The summed E-state index contributed by atoms with van der Waals surface area (Å²) in [4.78, 5) is 10.9. The average molecular weight is 272 g/mol. The third-order valence-electron chi connectivity index (χ3n) is 2.93. The van der Waals surface area contributed by atoms with Gasteiger partial charge in [-0.25, -0.2) is 0 Å². The van der Waals surface area contributed by atoms with Crippen LogP contribution in [0.5, 0.6) is 0 Å². The van der Waals surface area contributed by atoms with E-state index < -0.39 is 5.79 Å². The number of hydrogen-bond acceptors (Lipinski definition) is 4. The molecule has 0 bridgehead atoms. The number of hydrogen-bond donors (Lipinski definition) is 0. The topological polar surface area (TPSA) is 44.8 Å². The summed E-state index contributed by atoms with van der Waals surface area (Å²) in [6, 6.07) is 0. The minimum absolute atomic E-state index is 0.192. The second-order valence-electron chi connectivity index (χ2n) is 4.52. The highest BCUT2D eigenvalue weighted by Crippen LogP contribution is 2.35. The Balaban J connectivity index is 1.90. The zero-order valence-electron chi connectivity index (χ0n) is 11.6. The third kappa shape index (κ3) is 3.66. The molecule has 0 radical (unpaired) electrons. The summed E-state index contributed by atoms with van der Waals surface area (Å²) in [5, 5.41) is 0. The highest BCUT2D eigenvalue weighted by molar-refractivity contribution is 5.66. The van der Waals surface area contributed by atoms with Gasteiger partial charge in [0.15, 0.2) is 0 Å². The van der Waals surface area contributed by atoms with E-state index in [0.717, 1.165) is 0 Å². The molecule has 0 aliphatic carbocycles. The van der Waals surface area contributed by atoms with E-state index in [1.807, 2.05) is 12.2 Å². The maximum absolute atomic E-state index is 10.9. The van der Waals surface area contributed by atoms with E-state index in [4.69, 9.17) is 14.2 Å². The van der Waals surface area contributed by atoms with Gasteiger partial charge in [-0.15, -0.1) is 0 Å². The van der Waals surface area contributed by atoms with Crippen molar-refractivity contribution in [3.63, 3.8) is 0 Å². The van der Waals surface area contributed by atoms with E-state index >= 15 is 0 Å². The normalized spacial score (nSPS) is 29.1. The Morgan fingerprint density at radius 3 is 3.05 bits per heavy atom. The van der Waals surface area contributed by atoms with Gasteiger partial charge in [-0.2, -0.15) is 0 Å². The van der Waals surface area contributed by atoms with E-state index in [-0.39, 0.29) is 12.1 Å². The van der Waals surface area contributed by atoms with Crippen molar-refractivity contribution in [3.8, 4) is 23.7 Å². The zero-order valence-corrected chi connectivity index (χ0v) is 11.6. The summed E-state index contributed by atoms with van der Waals surface area (Å²) >= 11 is 0. The lowest BCUT2D eigenvalue weighted by Gasteiger charge is -2.35. The first-order valence-corrected chi connectivity index (χ1v) is 6.45. The summed E-state index contributed by atoms with van der Waals surface area (Å²) in [6.45, 7) is 3.47. The number of esters is 1. The first-order chi connectivity index (χ1) is 9.63. The molecule has 0 N–H and O–H groups in total. The first kappa shape index (κ1) is 14.2. The Bertz CT molecular complexity index is 555. The van der Waals surface area contributed by atoms with Crippen LogP contribution in [0.2, 0.25) is 0 Å². The largest absolute Gasteiger partial charge is 0.460 e. The van der Waals surface area contributed by atoms with Crippen LogP contribution in [0.25, 0.3) is 0 Å². The number of allylic oxidation sites excluding steroid dienone is 2. The van der Waals surface area contributed by atoms with E-state index in [1.165, 1.54) is 6.92 Å². The second-order valence-corrected chi connectivity index (χ2v) is 4.52.